The van der Waals surface area contributed by atoms with Crippen LogP contribution in [0.5, 0.6) is 0 Å². The molecule has 2 aromatic carbocycles. The maximum atomic E-state index is 12.8. The van der Waals surface area contributed by atoms with Crippen molar-refractivity contribution >= 4 is 23.2 Å². The van der Waals surface area contributed by atoms with Crippen molar-refractivity contribution in [3.63, 3.8) is 0 Å². The second-order valence-electron chi connectivity index (χ2n) is 6.85. The Morgan fingerprint density at radius 3 is 2.56 bits per heavy atom. The van der Waals surface area contributed by atoms with Crippen LogP contribution in [0.1, 0.15) is 11.6 Å². The van der Waals surface area contributed by atoms with Crippen molar-refractivity contribution in [3.05, 3.63) is 77.5 Å². The largest absolute Gasteiger partial charge is 0.369 e. The van der Waals surface area contributed by atoms with Crippen LogP contribution in [0.2, 0.25) is 5.02 Å². The van der Waals surface area contributed by atoms with E-state index in [1.807, 2.05) is 60.8 Å². The summed E-state index contributed by atoms with van der Waals surface area (Å²) in [6.45, 7) is 3.91. The van der Waals surface area contributed by atoms with E-state index >= 15 is 0 Å². The summed E-state index contributed by atoms with van der Waals surface area (Å²) in [5.74, 6) is 0.0880. The van der Waals surface area contributed by atoms with E-state index in [0.29, 0.717) is 6.54 Å². The summed E-state index contributed by atoms with van der Waals surface area (Å²) in [4.78, 5) is 17.4. The van der Waals surface area contributed by atoms with Crippen LogP contribution in [0.15, 0.2) is 66.9 Å². The molecule has 1 atom stereocenters. The number of hydrogen-bond donors (Lipinski definition) is 1. The average Bonchev–Trinajstić information content (AvgIpc) is 3.19. The minimum absolute atomic E-state index is 0.0496. The van der Waals surface area contributed by atoms with Crippen LogP contribution < -0.4 is 10.3 Å². The number of carbonyl (C=O) groups is 1. The van der Waals surface area contributed by atoms with Crippen LogP contribution in [0.3, 0.4) is 0 Å². The first kappa shape index (κ1) is 17.9. The number of hydrogen-bond acceptors (Lipinski definition) is 4. The second-order valence-corrected chi connectivity index (χ2v) is 7.29. The van der Waals surface area contributed by atoms with Crippen molar-refractivity contribution in [2.75, 3.05) is 37.6 Å². The van der Waals surface area contributed by atoms with E-state index in [0.717, 1.165) is 42.5 Å². The van der Waals surface area contributed by atoms with Gasteiger partial charge in [-0.2, -0.15) is 0 Å². The van der Waals surface area contributed by atoms with Gasteiger partial charge in [0.1, 0.15) is 0 Å². The minimum Gasteiger partial charge on any atom is -0.369 e. The molecule has 0 saturated carbocycles. The Labute approximate surface area is 164 Å². The van der Waals surface area contributed by atoms with Crippen LogP contribution in [0, 0.1) is 0 Å². The smallest absolute Gasteiger partial charge is 0.255 e. The lowest BCUT2D eigenvalue weighted by molar-refractivity contribution is -0.135. The summed E-state index contributed by atoms with van der Waals surface area (Å²) in [6.07, 6.45) is 3.86. The Hall–Kier alpha value is -2.50. The molecule has 0 radical (unpaired) electrons. The zero-order valence-corrected chi connectivity index (χ0v) is 15.8. The van der Waals surface area contributed by atoms with Crippen LogP contribution in [-0.2, 0) is 4.79 Å². The zero-order valence-electron chi connectivity index (χ0n) is 15.1. The van der Waals surface area contributed by atoms with Crippen molar-refractivity contribution < 1.29 is 4.79 Å². The Bertz CT molecular complexity index is 818. The van der Waals surface area contributed by atoms with Gasteiger partial charge in [0.2, 0.25) is 0 Å². The highest BCUT2D eigenvalue weighted by molar-refractivity contribution is 6.30. The summed E-state index contributed by atoms with van der Waals surface area (Å²) in [6, 6.07) is 18.0. The van der Waals surface area contributed by atoms with E-state index in [1.54, 1.807) is 5.01 Å². The molecule has 0 aromatic heterocycles. The van der Waals surface area contributed by atoms with Gasteiger partial charge in [-0.1, -0.05) is 48.0 Å². The predicted molar refractivity (Wildman–Crippen MR) is 108 cm³/mol. The normalized spacial score (nSPS) is 20.0. The average molecular weight is 383 g/mol. The number of nitrogens with one attached hydrogen (secondary N) is 1. The fraction of sp³-hybridized carbons (Fsp3) is 0.286. The molecule has 0 unspecified atom stereocenters. The van der Waals surface area contributed by atoms with Crippen molar-refractivity contribution in [3.8, 4) is 0 Å². The van der Waals surface area contributed by atoms with Crippen LogP contribution >= 0.6 is 11.6 Å². The highest BCUT2D eigenvalue weighted by Gasteiger charge is 2.28. The molecule has 0 spiro atoms. The lowest BCUT2D eigenvalue weighted by atomic mass is 10.1. The third-order valence-electron chi connectivity index (χ3n) is 5.08. The van der Waals surface area contributed by atoms with Gasteiger partial charge in [0.15, 0.2) is 0 Å². The third-order valence-corrected chi connectivity index (χ3v) is 5.32. The summed E-state index contributed by atoms with van der Waals surface area (Å²) in [5.41, 5.74) is 5.34. The summed E-state index contributed by atoms with van der Waals surface area (Å²) < 4.78 is 0. The first-order chi connectivity index (χ1) is 13.2. The fourth-order valence-electron chi connectivity index (χ4n) is 3.62. The molecule has 2 aromatic rings. The molecule has 1 fully saturated rings. The Kier molecular flexibility index (Phi) is 5.32. The maximum Gasteiger partial charge on any atom is 0.255 e. The van der Waals surface area contributed by atoms with Gasteiger partial charge in [-0.25, -0.2) is 5.01 Å². The van der Waals surface area contributed by atoms with Gasteiger partial charge >= 0.3 is 0 Å². The minimum atomic E-state index is -0.0496. The molecular weight excluding hydrogens is 360 g/mol. The molecule has 5 nitrogen and oxygen atoms in total. The standard InChI is InChI=1S/C21H23ClN4O/c22-18-7-4-8-19(15-18)25-13-11-24(12-14-25)16-21(27)26-20(9-10-23-26)17-5-2-1-3-6-17/h1-10,15,20,23H,11-14,16H2/t20-/m0/s1. The van der Waals surface area contributed by atoms with E-state index in [1.165, 1.54) is 0 Å². The van der Waals surface area contributed by atoms with Crippen molar-refractivity contribution in [1.29, 1.82) is 0 Å². The van der Waals surface area contributed by atoms with Gasteiger partial charge in [0.25, 0.3) is 5.91 Å². The molecule has 2 aliphatic rings. The Morgan fingerprint density at radius 1 is 1.04 bits per heavy atom. The van der Waals surface area contributed by atoms with Crippen LogP contribution in [0.25, 0.3) is 0 Å². The molecule has 27 heavy (non-hydrogen) atoms. The highest BCUT2D eigenvalue weighted by Crippen LogP contribution is 2.25. The van der Waals surface area contributed by atoms with Crippen LogP contribution in [-0.4, -0.2) is 48.5 Å². The first-order valence-corrected chi connectivity index (χ1v) is 9.61. The van der Waals surface area contributed by atoms with Gasteiger partial charge in [-0.3, -0.25) is 9.69 Å². The Morgan fingerprint density at radius 2 is 1.81 bits per heavy atom. The molecular formula is C21H23ClN4O. The number of rotatable bonds is 4. The maximum absolute atomic E-state index is 12.8. The number of carbonyl (C=O) groups excluding carboxylic acids is 1. The number of benzene rings is 2. The van der Waals surface area contributed by atoms with E-state index in [2.05, 4.69) is 21.3 Å². The van der Waals surface area contributed by atoms with Crippen molar-refractivity contribution in [1.82, 2.24) is 15.3 Å². The highest BCUT2D eigenvalue weighted by atomic mass is 35.5. The fourth-order valence-corrected chi connectivity index (χ4v) is 3.81. The number of halogens is 1. The van der Waals surface area contributed by atoms with Gasteiger partial charge < -0.3 is 10.3 Å². The van der Waals surface area contributed by atoms with E-state index < -0.39 is 0 Å². The SMILES string of the molecule is O=C(CN1CCN(c2cccc(Cl)c2)CC1)N1NC=C[C@H]1c1ccccc1. The lowest BCUT2D eigenvalue weighted by Gasteiger charge is -2.36. The van der Waals surface area contributed by atoms with Crippen molar-refractivity contribution in [2.24, 2.45) is 0 Å². The zero-order chi connectivity index (χ0) is 18.6. The van der Waals surface area contributed by atoms with E-state index in [9.17, 15) is 4.79 Å². The van der Waals surface area contributed by atoms with Gasteiger partial charge in [0.05, 0.1) is 12.6 Å². The third kappa shape index (κ3) is 4.10. The van der Waals surface area contributed by atoms with Gasteiger partial charge in [-0.05, 0) is 29.8 Å². The molecule has 1 amide bonds. The Balaban J connectivity index is 1.33. The molecule has 2 heterocycles. The number of anilines is 1. The number of hydrazine groups is 1. The molecule has 2 aliphatic heterocycles. The molecule has 1 saturated heterocycles. The predicted octanol–water partition coefficient (Wildman–Crippen LogP) is 3.06. The molecule has 1 N–H and O–H groups in total. The van der Waals surface area contributed by atoms with E-state index in [-0.39, 0.29) is 11.9 Å². The molecule has 140 valence electrons. The molecule has 0 aliphatic carbocycles. The summed E-state index contributed by atoms with van der Waals surface area (Å²) >= 11 is 6.10. The summed E-state index contributed by atoms with van der Waals surface area (Å²) in [7, 11) is 0. The van der Waals surface area contributed by atoms with Crippen LogP contribution in [0.4, 0.5) is 5.69 Å². The second kappa shape index (κ2) is 8.03. The van der Waals surface area contributed by atoms with Crippen molar-refractivity contribution in [2.45, 2.75) is 6.04 Å². The first-order valence-electron chi connectivity index (χ1n) is 9.23. The van der Waals surface area contributed by atoms with E-state index in [4.69, 9.17) is 11.6 Å². The monoisotopic (exact) mass is 382 g/mol. The quantitative estimate of drug-likeness (QED) is 0.882. The van der Waals surface area contributed by atoms with Gasteiger partial charge in [-0.15, -0.1) is 0 Å². The number of nitrogens with zero attached hydrogens (tertiary/aromatic N) is 3. The molecule has 4 rings (SSSR count). The number of amides is 1. The summed E-state index contributed by atoms with van der Waals surface area (Å²) in [5, 5.41) is 2.48. The molecule has 0 bridgehead atoms. The number of piperazine rings is 1. The molecule has 6 heteroatoms. The van der Waals surface area contributed by atoms with Gasteiger partial charge in [0, 0.05) is 43.1 Å². The topological polar surface area (TPSA) is 38.8 Å². The lowest BCUT2D eigenvalue weighted by Crippen LogP contribution is -2.51.